The molecule has 3 amide bonds. The van der Waals surface area contributed by atoms with Crippen LogP contribution in [0.15, 0.2) is 71.0 Å². The van der Waals surface area contributed by atoms with E-state index in [1.807, 2.05) is 45.3 Å². The SMILES string of the molecule is Cc1ncsc1-c1ccc([C@H](CCCCCN2CCC(c3ccc4c(c3)C(C)(C)c3nc(=O)c5c(Cl)cccc5n3-4)CC2)NC(=O)[C@@H]2C[C@@H](O[Si](C)(C)C(C)(C)C)CN2C(=O)[C@@H](NC(=O)C2(F)CC2)C(C)(C)C)cc1. The molecule has 3 aromatic carbocycles. The average Bonchev–Trinajstić information content (AvgIpc) is 3.64. The van der Waals surface area contributed by atoms with Crippen LogP contribution in [0.1, 0.15) is 153 Å². The molecule has 4 atom stereocenters. The van der Waals surface area contributed by atoms with E-state index in [0.717, 1.165) is 90.5 Å². The van der Waals surface area contributed by atoms with Crippen molar-refractivity contribution in [3.63, 3.8) is 0 Å². The zero-order valence-electron chi connectivity index (χ0n) is 45.9. The number of nitrogens with one attached hydrogen (secondary N) is 2. The second-order valence-corrected chi connectivity index (χ2v) is 31.0. The largest absolute Gasteiger partial charge is 0.412 e. The summed E-state index contributed by atoms with van der Waals surface area (Å²) in [5.74, 6) is -0.247. The van der Waals surface area contributed by atoms with Crippen molar-refractivity contribution in [2.45, 2.75) is 179 Å². The predicted molar refractivity (Wildman–Crippen MR) is 301 cm³/mol. The summed E-state index contributed by atoms with van der Waals surface area (Å²) in [4.78, 5) is 70.4. The number of carbonyl (C=O) groups excluding carboxylic acids is 3. The number of nitrogens with zero attached hydrogens (tertiary/aromatic N) is 5. The third kappa shape index (κ3) is 11.2. The standard InChI is InChI=1S/C59H77ClFN7O5SSi/c1-36-49(74-35-62-36)39-21-19-38(20-22-39)44(63-51(69)47-33-41(73-75(10,11)57(5,6)7)34-67(47)53(71)50(56(2,3)4)64-55(72)59(61)27-28-59)17-13-12-14-29-66-30-25-37(26-31-66)40-23-24-45-42(32-40)58(8,9)54-65-52(70)48-43(60)16-15-18-46(48)68(45)54/h15-16,18-24,32,35,37,41,44,47,50H,12-14,17,25-31,33-34H2,1-11H3,(H,63,69)(H,64,72)/t41-,44+,47+,50-/m1/s1. The van der Waals surface area contributed by atoms with Crippen molar-refractivity contribution in [2.75, 3.05) is 26.2 Å². The minimum absolute atomic E-state index is 0.0971. The van der Waals surface area contributed by atoms with Gasteiger partial charge in [-0.3, -0.25) is 23.7 Å². The van der Waals surface area contributed by atoms with Gasteiger partial charge in [-0.25, -0.2) is 9.37 Å². The van der Waals surface area contributed by atoms with Gasteiger partial charge in [0.15, 0.2) is 14.0 Å². The number of benzene rings is 3. The van der Waals surface area contributed by atoms with E-state index in [-0.39, 0.29) is 48.0 Å². The summed E-state index contributed by atoms with van der Waals surface area (Å²) in [6.07, 6.45) is 5.96. The Morgan fingerprint density at radius 1 is 0.960 bits per heavy atom. The topological polar surface area (TPSA) is 139 Å². The van der Waals surface area contributed by atoms with E-state index in [0.29, 0.717) is 29.2 Å². The predicted octanol–water partition coefficient (Wildman–Crippen LogP) is 11.7. The third-order valence-electron chi connectivity index (χ3n) is 17.1. The molecule has 75 heavy (non-hydrogen) atoms. The molecule has 0 unspecified atom stereocenters. The van der Waals surface area contributed by atoms with Crippen molar-refractivity contribution >= 4 is 59.9 Å². The number of likely N-dealkylation sites (tertiary alicyclic amines) is 2. The first kappa shape index (κ1) is 55.0. The summed E-state index contributed by atoms with van der Waals surface area (Å²) in [7, 11) is -2.32. The van der Waals surface area contributed by atoms with Gasteiger partial charge in [0.05, 0.1) is 55.3 Å². The number of hydrogen-bond acceptors (Lipinski definition) is 9. The minimum atomic E-state index is -2.32. The number of hydrogen-bond donors (Lipinski definition) is 2. The summed E-state index contributed by atoms with van der Waals surface area (Å²) >= 11 is 8.12. The molecule has 3 fully saturated rings. The number of piperidine rings is 1. The van der Waals surface area contributed by atoms with Crippen LogP contribution in [0.2, 0.25) is 23.2 Å². The zero-order chi connectivity index (χ0) is 54.0. The highest BCUT2D eigenvalue weighted by atomic mass is 35.5. The zero-order valence-corrected chi connectivity index (χ0v) is 48.4. The van der Waals surface area contributed by atoms with Crippen molar-refractivity contribution in [3.05, 3.63) is 110 Å². The van der Waals surface area contributed by atoms with Crippen molar-refractivity contribution in [1.29, 1.82) is 0 Å². The Kier molecular flexibility index (Phi) is 15.3. The third-order valence-corrected chi connectivity index (χ3v) is 23.0. The summed E-state index contributed by atoms with van der Waals surface area (Å²) in [6.45, 7) is 26.0. The first-order valence-corrected chi connectivity index (χ1v) is 31.3. The quantitative estimate of drug-likeness (QED) is 0.0736. The van der Waals surface area contributed by atoms with Crippen molar-refractivity contribution in [1.82, 2.24) is 35.0 Å². The number of amides is 3. The number of rotatable bonds is 16. The molecule has 5 heterocycles. The highest BCUT2D eigenvalue weighted by Gasteiger charge is 2.54. The maximum Gasteiger partial charge on any atom is 0.282 e. The number of thiazole rings is 1. The highest BCUT2D eigenvalue weighted by Crippen LogP contribution is 2.46. The van der Waals surface area contributed by atoms with Gasteiger partial charge in [-0.2, -0.15) is 4.98 Å². The first-order valence-electron chi connectivity index (χ1n) is 27.2. The summed E-state index contributed by atoms with van der Waals surface area (Å²) in [5.41, 5.74) is 5.79. The highest BCUT2D eigenvalue weighted by molar-refractivity contribution is 7.13. The van der Waals surface area contributed by atoms with Crippen LogP contribution in [0, 0.1) is 12.3 Å². The number of halogens is 2. The molecule has 2 aromatic heterocycles. The minimum Gasteiger partial charge on any atom is -0.412 e. The fraction of sp³-hybridized carbons (Fsp3) is 0.559. The fourth-order valence-electron chi connectivity index (χ4n) is 11.3. The number of carbonyl (C=O) groups is 3. The van der Waals surface area contributed by atoms with Crippen LogP contribution in [-0.4, -0.2) is 100 Å². The molecule has 5 aromatic rings. The van der Waals surface area contributed by atoms with Gasteiger partial charge in [0.1, 0.15) is 17.9 Å². The molecule has 1 saturated carbocycles. The average molecular weight is 1080 g/mol. The molecule has 3 aliphatic heterocycles. The molecular formula is C59H77ClFN7O5SSi. The molecule has 2 saturated heterocycles. The van der Waals surface area contributed by atoms with Crippen molar-refractivity contribution in [2.24, 2.45) is 5.41 Å². The van der Waals surface area contributed by atoms with Gasteiger partial charge in [0.2, 0.25) is 11.8 Å². The Morgan fingerprint density at radius 2 is 1.67 bits per heavy atom. The van der Waals surface area contributed by atoms with E-state index < -0.39 is 48.7 Å². The van der Waals surface area contributed by atoms with Gasteiger partial charge in [0.25, 0.3) is 11.5 Å². The van der Waals surface area contributed by atoms with Crippen LogP contribution in [0.5, 0.6) is 0 Å². The molecule has 1 aliphatic carbocycles. The Bertz CT molecular complexity index is 3020. The molecule has 402 valence electrons. The number of fused-ring (bicyclic) bond motifs is 5. The van der Waals surface area contributed by atoms with Gasteiger partial charge in [-0.1, -0.05) is 108 Å². The molecule has 12 nitrogen and oxygen atoms in total. The van der Waals surface area contributed by atoms with Gasteiger partial charge in [0, 0.05) is 13.0 Å². The maximum absolute atomic E-state index is 15.1. The van der Waals surface area contributed by atoms with Crippen LogP contribution in [0.3, 0.4) is 0 Å². The van der Waals surface area contributed by atoms with Gasteiger partial charge in [-0.15, -0.1) is 11.3 Å². The number of unbranched alkanes of at least 4 members (excludes halogenated alkanes) is 2. The molecule has 0 bridgehead atoms. The lowest BCUT2D eigenvalue weighted by Crippen LogP contribution is -2.59. The number of alkyl halides is 1. The van der Waals surface area contributed by atoms with E-state index in [9.17, 15) is 19.2 Å². The molecule has 0 spiro atoms. The van der Waals surface area contributed by atoms with Crippen LogP contribution in [-0.2, 0) is 24.2 Å². The maximum atomic E-state index is 15.1. The van der Waals surface area contributed by atoms with Crippen LogP contribution in [0.4, 0.5) is 4.39 Å². The van der Waals surface area contributed by atoms with Gasteiger partial charge >= 0.3 is 0 Å². The Morgan fingerprint density at radius 3 is 2.31 bits per heavy atom. The Balaban J connectivity index is 0.862. The Hall–Kier alpha value is -4.80. The lowest BCUT2D eigenvalue weighted by molar-refractivity contribution is -0.145. The summed E-state index contributed by atoms with van der Waals surface area (Å²) in [5, 5.41) is 6.97. The van der Waals surface area contributed by atoms with Gasteiger partial charge in [-0.05, 0) is 149 Å². The van der Waals surface area contributed by atoms with E-state index in [1.54, 1.807) is 22.3 Å². The van der Waals surface area contributed by atoms with E-state index >= 15 is 4.39 Å². The first-order chi connectivity index (χ1) is 35.3. The molecular weight excluding hydrogens is 1000 g/mol. The van der Waals surface area contributed by atoms with Crippen molar-refractivity contribution < 1.29 is 23.2 Å². The Labute approximate surface area is 452 Å². The number of aryl methyl sites for hydroxylation is 1. The second-order valence-electron chi connectivity index (χ2n) is 25.0. The van der Waals surface area contributed by atoms with E-state index in [4.69, 9.17) is 16.0 Å². The fourth-order valence-corrected chi connectivity index (χ4v) is 13.7. The normalized spacial score (nSPS) is 20.4. The van der Waals surface area contributed by atoms with Crippen LogP contribution >= 0.6 is 22.9 Å². The lowest BCUT2D eigenvalue weighted by atomic mass is 9.81. The molecule has 16 heteroatoms. The monoisotopic (exact) mass is 1080 g/mol. The molecule has 2 N–H and O–H groups in total. The van der Waals surface area contributed by atoms with Crippen LogP contribution in [0.25, 0.3) is 27.0 Å². The van der Waals surface area contributed by atoms with Crippen LogP contribution < -0.4 is 16.2 Å². The van der Waals surface area contributed by atoms with E-state index in [1.165, 1.54) is 11.1 Å². The molecule has 4 aliphatic rings. The molecule has 9 rings (SSSR count). The summed E-state index contributed by atoms with van der Waals surface area (Å²) < 4.78 is 24.1. The smallest absolute Gasteiger partial charge is 0.282 e. The second kappa shape index (κ2) is 20.9. The number of aromatic nitrogens is 3. The summed E-state index contributed by atoms with van der Waals surface area (Å²) in [6, 6.07) is 18.6. The van der Waals surface area contributed by atoms with Crippen molar-refractivity contribution in [3.8, 4) is 16.1 Å². The van der Waals surface area contributed by atoms with E-state index in [2.05, 4.69) is 120 Å². The van der Waals surface area contributed by atoms with Gasteiger partial charge < -0.3 is 24.9 Å². The lowest BCUT2D eigenvalue weighted by Gasteiger charge is -2.38. The molecule has 0 radical (unpaired) electrons.